The van der Waals surface area contributed by atoms with Crippen molar-refractivity contribution in [3.63, 3.8) is 0 Å². The van der Waals surface area contributed by atoms with Crippen LogP contribution in [-0.4, -0.2) is 22.3 Å². The Kier molecular flexibility index (Phi) is 4.45. The monoisotopic (exact) mass is 471 g/mol. The van der Waals surface area contributed by atoms with Crippen LogP contribution in [0.2, 0.25) is 0 Å². The van der Waals surface area contributed by atoms with Crippen LogP contribution in [0, 0.1) is 14.9 Å². The number of aromatic nitrogens is 3. The quantitative estimate of drug-likeness (QED) is 0.568. The molecular weight excluding hydrogens is 457 g/mol. The van der Waals surface area contributed by atoms with Gasteiger partial charge in [0.05, 0.1) is 27.9 Å². The molecule has 3 aromatic rings. The molecule has 0 radical (unpaired) electrons. The predicted molar refractivity (Wildman–Crippen MR) is 107 cm³/mol. The van der Waals surface area contributed by atoms with Gasteiger partial charge in [0.15, 0.2) is 0 Å². The zero-order valence-electron chi connectivity index (χ0n) is 14.2. The van der Waals surface area contributed by atoms with Crippen LogP contribution in [0.15, 0.2) is 54.2 Å². The van der Waals surface area contributed by atoms with E-state index in [1.165, 1.54) is 0 Å². The summed E-state index contributed by atoms with van der Waals surface area (Å²) >= 11 is 2.21. The lowest BCUT2D eigenvalue weighted by Crippen LogP contribution is -2.21. The summed E-state index contributed by atoms with van der Waals surface area (Å²) in [7, 11) is 1.62. The molecule has 27 heavy (non-hydrogen) atoms. The van der Waals surface area contributed by atoms with Gasteiger partial charge in [-0.1, -0.05) is 6.07 Å². The number of allylic oxidation sites excluding steroid dienone is 1. The number of hydrogen-bond acceptors (Lipinski definition) is 6. The summed E-state index contributed by atoms with van der Waals surface area (Å²) in [4.78, 5) is 4.17. The Morgan fingerprint density at radius 2 is 2.22 bits per heavy atom. The molecule has 1 atom stereocenters. The van der Waals surface area contributed by atoms with Crippen LogP contribution in [0.3, 0.4) is 0 Å². The van der Waals surface area contributed by atoms with Crippen molar-refractivity contribution in [2.45, 2.75) is 5.92 Å². The number of methoxy groups -OCH3 is 1. The minimum absolute atomic E-state index is 0.0602. The molecule has 3 N–H and O–H groups in total. The number of nitrogens with one attached hydrogen (secondary N) is 1. The van der Waals surface area contributed by atoms with Gasteiger partial charge < -0.3 is 15.2 Å². The number of H-pyrrole nitrogens is 1. The number of nitrogens with two attached hydrogens (primary N) is 1. The second-order valence-corrected chi connectivity index (χ2v) is 7.04. The third-order valence-electron chi connectivity index (χ3n) is 4.40. The Bertz CT molecular complexity index is 1090. The Morgan fingerprint density at radius 3 is 2.89 bits per heavy atom. The van der Waals surface area contributed by atoms with E-state index in [1.54, 1.807) is 19.5 Å². The lowest BCUT2D eigenvalue weighted by molar-refractivity contribution is 0.379. The second kappa shape index (κ2) is 6.92. The average molecular weight is 471 g/mol. The van der Waals surface area contributed by atoms with Crippen molar-refractivity contribution in [2.75, 3.05) is 7.11 Å². The molecule has 4 rings (SSSR count). The highest BCUT2D eigenvalue weighted by atomic mass is 127. The van der Waals surface area contributed by atoms with Gasteiger partial charge in [-0.25, -0.2) is 0 Å². The van der Waals surface area contributed by atoms with Crippen LogP contribution < -0.4 is 15.2 Å². The smallest absolute Gasteiger partial charge is 0.244 e. The number of halogens is 1. The molecule has 1 aliphatic rings. The molecule has 1 aliphatic heterocycles. The standard InChI is InChI=1S/C19H14IN5O2/c1-26-14-5-4-10(7-13(14)20)15-12(8-21)18(22)27-19-16(15)17(24-25-19)11-3-2-6-23-9-11/h2-7,9,15H,22H2,1H3,(H,24,25). The van der Waals surface area contributed by atoms with Crippen molar-refractivity contribution < 1.29 is 9.47 Å². The van der Waals surface area contributed by atoms with E-state index in [-0.39, 0.29) is 5.88 Å². The minimum Gasteiger partial charge on any atom is -0.496 e. The molecule has 8 heteroatoms. The van der Waals surface area contributed by atoms with Gasteiger partial charge in [0.2, 0.25) is 11.8 Å². The molecule has 1 unspecified atom stereocenters. The number of nitrogens with zero attached hydrogens (tertiary/aromatic N) is 3. The molecule has 0 amide bonds. The number of fused-ring (bicyclic) bond motifs is 1. The number of ether oxygens (including phenoxy) is 2. The van der Waals surface area contributed by atoms with Crippen LogP contribution in [0.5, 0.6) is 11.6 Å². The number of aromatic amines is 1. The van der Waals surface area contributed by atoms with Crippen LogP contribution in [0.1, 0.15) is 17.0 Å². The van der Waals surface area contributed by atoms with Crippen molar-refractivity contribution >= 4 is 22.6 Å². The molecule has 2 aromatic heterocycles. The second-order valence-electron chi connectivity index (χ2n) is 5.88. The lowest BCUT2D eigenvalue weighted by Gasteiger charge is -2.24. The summed E-state index contributed by atoms with van der Waals surface area (Å²) in [5.41, 5.74) is 9.61. The summed E-state index contributed by atoms with van der Waals surface area (Å²) in [5.74, 6) is 0.778. The van der Waals surface area contributed by atoms with E-state index in [0.29, 0.717) is 11.5 Å². The summed E-state index contributed by atoms with van der Waals surface area (Å²) in [6.45, 7) is 0. The minimum atomic E-state index is -0.410. The highest BCUT2D eigenvalue weighted by molar-refractivity contribution is 14.1. The van der Waals surface area contributed by atoms with Crippen LogP contribution >= 0.6 is 22.6 Å². The van der Waals surface area contributed by atoms with Gasteiger partial charge in [-0.3, -0.25) is 10.1 Å². The first-order chi connectivity index (χ1) is 13.1. The molecule has 0 spiro atoms. The van der Waals surface area contributed by atoms with E-state index in [0.717, 1.165) is 31.7 Å². The van der Waals surface area contributed by atoms with E-state index in [4.69, 9.17) is 15.2 Å². The van der Waals surface area contributed by atoms with Crippen molar-refractivity contribution in [1.82, 2.24) is 15.2 Å². The van der Waals surface area contributed by atoms with Gasteiger partial charge in [-0.15, -0.1) is 5.10 Å². The predicted octanol–water partition coefficient (Wildman–Crippen LogP) is 3.30. The van der Waals surface area contributed by atoms with Crippen molar-refractivity contribution in [1.29, 1.82) is 5.26 Å². The Balaban J connectivity index is 1.94. The molecule has 0 saturated carbocycles. The zero-order chi connectivity index (χ0) is 19.0. The third-order valence-corrected chi connectivity index (χ3v) is 5.24. The maximum atomic E-state index is 9.75. The first-order valence-electron chi connectivity index (χ1n) is 8.03. The molecule has 0 aliphatic carbocycles. The summed E-state index contributed by atoms with van der Waals surface area (Å²) in [6, 6.07) is 11.7. The zero-order valence-corrected chi connectivity index (χ0v) is 16.4. The van der Waals surface area contributed by atoms with Crippen molar-refractivity contribution in [2.24, 2.45) is 5.73 Å². The SMILES string of the molecule is COc1ccc(C2C(C#N)=C(N)Oc3n[nH]c(-c4cccnc4)c32)cc1I. The fourth-order valence-electron chi connectivity index (χ4n) is 3.17. The summed E-state index contributed by atoms with van der Waals surface area (Å²) < 4.78 is 11.9. The van der Waals surface area contributed by atoms with Crippen molar-refractivity contribution in [3.05, 3.63) is 68.9 Å². The van der Waals surface area contributed by atoms with Crippen LogP contribution in [-0.2, 0) is 0 Å². The fraction of sp³-hybridized carbons (Fsp3) is 0.105. The molecule has 0 bridgehead atoms. The molecule has 0 saturated heterocycles. The van der Waals surface area contributed by atoms with E-state index in [2.05, 4.69) is 43.8 Å². The van der Waals surface area contributed by atoms with Gasteiger partial charge in [0, 0.05) is 18.0 Å². The Labute approximate surface area is 169 Å². The number of rotatable bonds is 3. The largest absolute Gasteiger partial charge is 0.496 e. The third kappa shape index (κ3) is 2.90. The molecule has 1 aromatic carbocycles. The molecule has 0 fully saturated rings. The van der Waals surface area contributed by atoms with Crippen molar-refractivity contribution in [3.8, 4) is 29.0 Å². The first kappa shape index (κ1) is 17.4. The van der Waals surface area contributed by atoms with E-state index in [1.807, 2.05) is 30.3 Å². The van der Waals surface area contributed by atoms with E-state index >= 15 is 0 Å². The van der Waals surface area contributed by atoms with Gasteiger partial charge in [0.1, 0.15) is 17.4 Å². The average Bonchev–Trinajstić information content (AvgIpc) is 3.10. The maximum absolute atomic E-state index is 9.75. The molecule has 7 nitrogen and oxygen atoms in total. The first-order valence-corrected chi connectivity index (χ1v) is 9.11. The van der Waals surface area contributed by atoms with Gasteiger partial charge >= 0.3 is 0 Å². The van der Waals surface area contributed by atoms with Crippen LogP contribution in [0.25, 0.3) is 11.3 Å². The number of benzene rings is 1. The van der Waals surface area contributed by atoms with Crippen LogP contribution in [0.4, 0.5) is 0 Å². The molecule has 134 valence electrons. The summed E-state index contributed by atoms with van der Waals surface area (Å²) in [5, 5.41) is 17.0. The number of pyridine rings is 1. The Hall–Kier alpha value is -3.06. The maximum Gasteiger partial charge on any atom is 0.244 e. The Morgan fingerprint density at radius 1 is 1.37 bits per heavy atom. The molecule has 3 heterocycles. The highest BCUT2D eigenvalue weighted by Gasteiger charge is 2.35. The lowest BCUT2D eigenvalue weighted by atomic mass is 9.83. The van der Waals surface area contributed by atoms with E-state index in [9.17, 15) is 5.26 Å². The van der Waals surface area contributed by atoms with Gasteiger partial charge in [-0.05, 0) is 52.4 Å². The van der Waals surface area contributed by atoms with Gasteiger partial charge in [0.25, 0.3) is 0 Å². The number of nitriles is 1. The molecular formula is C19H14IN5O2. The normalized spacial score (nSPS) is 15.7. The number of hydrogen-bond donors (Lipinski definition) is 2. The van der Waals surface area contributed by atoms with Gasteiger partial charge in [-0.2, -0.15) is 5.26 Å². The fourth-order valence-corrected chi connectivity index (χ4v) is 3.93. The summed E-state index contributed by atoms with van der Waals surface area (Å²) in [6.07, 6.45) is 3.43. The highest BCUT2D eigenvalue weighted by Crippen LogP contribution is 2.46. The van der Waals surface area contributed by atoms with E-state index < -0.39 is 5.92 Å². The topological polar surface area (TPSA) is 110 Å².